The minimum absolute atomic E-state index is 0.0488. The van der Waals surface area contributed by atoms with E-state index in [1.165, 1.54) is 0 Å². The van der Waals surface area contributed by atoms with Crippen molar-refractivity contribution in [1.29, 1.82) is 5.26 Å². The van der Waals surface area contributed by atoms with Crippen LogP contribution in [-0.4, -0.2) is 6.10 Å². The molecule has 1 aromatic carbocycles. The van der Waals surface area contributed by atoms with Crippen LogP contribution in [0.5, 0.6) is 5.75 Å². The van der Waals surface area contributed by atoms with Crippen molar-refractivity contribution >= 4 is 15.9 Å². The van der Waals surface area contributed by atoms with E-state index in [2.05, 4.69) is 22.0 Å². The van der Waals surface area contributed by atoms with Crippen molar-refractivity contribution in [2.24, 2.45) is 5.92 Å². The second-order valence-corrected chi connectivity index (χ2v) is 5.05. The van der Waals surface area contributed by atoms with Crippen molar-refractivity contribution < 1.29 is 4.74 Å². The van der Waals surface area contributed by atoms with Gasteiger partial charge in [0.15, 0.2) is 0 Å². The number of nitriles is 1. The summed E-state index contributed by atoms with van der Waals surface area (Å²) < 4.78 is 6.90. The fraction of sp³-hybridized carbons (Fsp3) is 0.462. The average molecular weight is 280 g/mol. The minimum atomic E-state index is 0.0488. The van der Waals surface area contributed by atoms with E-state index in [9.17, 15) is 0 Å². The molecule has 0 saturated heterocycles. The SMILES string of the molecule is N#CC1CCCCC1Oc1cccc(Br)c1. The Bertz CT molecular complexity index is 399. The van der Waals surface area contributed by atoms with Gasteiger partial charge >= 0.3 is 0 Å². The normalized spacial score (nSPS) is 24.8. The fourth-order valence-electron chi connectivity index (χ4n) is 2.10. The van der Waals surface area contributed by atoms with E-state index in [0.29, 0.717) is 0 Å². The Hall–Kier alpha value is -1.01. The highest BCUT2D eigenvalue weighted by atomic mass is 79.9. The predicted octanol–water partition coefficient (Wildman–Crippen LogP) is 3.91. The first-order valence-electron chi connectivity index (χ1n) is 5.61. The van der Waals surface area contributed by atoms with Crippen LogP contribution in [-0.2, 0) is 0 Å². The molecule has 2 nitrogen and oxygen atoms in total. The van der Waals surface area contributed by atoms with Gasteiger partial charge in [-0.25, -0.2) is 0 Å². The zero-order chi connectivity index (χ0) is 11.4. The molecule has 0 bridgehead atoms. The first kappa shape index (κ1) is 11.5. The van der Waals surface area contributed by atoms with Crippen LogP contribution in [0.15, 0.2) is 28.7 Å². The fourth-order valence-corrected chi connectivity index (χ4v) is 2.48. The molecule has 1 aliphatic carbocycles. The first-order chi connectivity index (χ1) is 7.79. The van der Waals surface area contributed by atoms with Crippen molar-refractivity contribution in [2.45, 2.75) is 31.8 Å². The molecule has 0 N–H and O–H groups in total. The van der Waals surface area contributed by atoms with Crippen LogP contribution in [0.4, 0.5) is 0 Å². The molecule has 2 atom stereocenters. The van der Waals surface area contributed by atoms with Crippen molar-refractivity contribution in [3.05, 3.63) is 28.7 Å². The molecular weight excluding hydrogens is 266 g/mol. The van der Waals surface area contributed by atoms with Crippen molar-refractivity contribution in [2.75, 3.05) is 0 Å². The molecular formula is C13H14BrNO. The number of hydrogen-bond acceptors (Lipinski definition) is 2. The summed E-state index contributed by atoms with van der Waals surface area (Å²) >= 11 is 3.41. The molecule has 0 spiro atoms. The zero-order valence-corrected chi connectivity index (χ0v) is 10.6. The maximum Gasteiger partial charge on any atom is 0.120 e. The standard InChI is InChI=1S/C13H14BrNO/c14-11-5-3-6-12(8-11)16-13-7-2-1-4-10(13)9-15/h3,5-6,8,10,13H,1-2,4,7H2. The predicted molar refractivity (Wildman–Crippen MR) is 66.1 cm³/mol. The summed E-state index contributed by atoms with van der Waals surface area (Å²) in [4.78, 5) is 0. The second-order valence-electron chi connectivity index (χ2n) is 4.13. The minimum Gasteiger partial charge on any atom is -0.489 e. The molecule has 0 amide bonds. The number of halogens is 1. The first-order valence-corrected chi connectivity index (χ1v) is 6.41. The average Bonchev–Trinajstić information content (AvgIpc) is 2.30. The third-order valence-electron chi connectivity index (χ3n) is 2.95. The van der Waals surface area contributed by atoms with Crippen LogP contribution >= 0.6 is 15.9 Å². The van der Waals surface area contributed by atoms with Gasteiger partial charge in [0.1, 0.15) is 11.9 Å². The molecule has 0 aliphatic heterocycles. The van der Waals surface area contributed by atoms with E-state index in [4.69, 9.17) is 10.00 Å². The molecule has 1 fully saturated rings. The maximum absolute atomic E-state index is 9.05. The Kier molecular flexibility index (Phi) is 3.84. The Morgan fingerprint density at radius 2 is 2.12 bits per heavy atom. The lowest BCUT2D eigenvalue weighted by Gasteiger charge is -2.27. The van der Waals surface area contributed by atoms with Gasteiger partial charge in [0.25, 0.3) is 0 Å². The number of nitrogens with zero attached hydrogens (tertiary/aromatic N) is 1. The number of rotatable bonds is 2. The van der Waals surface area contributed by atoms with Crippen LogP contribution in [0.1, 0.15) is 25.7 Å². The van der Waals surface area contributed by atoms with Gasteiger partial charge in [-0.05, 0) is 37.5 Å². The highest BCUT2D eigenvalue weighted by Gasteiger charge is 2.26. The van der Waals surface area contributed by atoms with Gasteiger partial charge in [0, 0.05) is 4.47 Å². The summed E-state index contributed by atoms with van der Waals surface area (Å²) in [6.45, 7) is 0. The summed E-state index contributed by atoms with van der Waals surface area (Å²) in [5.74, 6) is 0.897. The van der Waals surface area contributed by atoms with Gasteiger partial charge in [0.2, 0.25) is 0 Å². The van der Waals surface area contributed by atoms with E-state index in [1.54, 1.807) is 0 Å². The lowest BCUT2D eigenvalue weighted by atomic mass is 9.87. The quantitative estimate of drug-likeness (QED) is 0.822. The molecule has 2 unspecified atom stereocenters. The smallest absolute Gasteiger partial charge is 0.120 e. The van der Waals surface area contributed by atoms with Crippen LogP contribution in [0, 0.1) is 17.2 Å². The van der Waals surface area contributed by atoms with Gasteiger partial charge in [-0.3, -0.25) is 0 Å². The van der Waals surface area contributed by atoms with Crippen LogP contribution in [0.2, 0.25) is 0 Å². The Labute approximate surface area is 104 Å². The highest BCUT2D eigenvalue weighted by Crippen LogP contribution is 2.28. The largest absolute Gasteiger partial charge is 0.489 e. The molecule has 16 heavy (non-hydrogen) atoms. The molecule has 3 heteroatoms. The summed E-state index contributed by atoms with van der Waals surface area (Å²) in [6.07, 6.45) is 4.33. The van der Waals surface area contributed by atoms with Crippen LogP contribution in [0.25, 0.3) is 0 Å². The zero-order valence-electron chi connectivity index (χ0n) is 9.03. The number of hydrogen-bond donors (Lipinski definition) is 0. The molecule has 1 aliphatic rings. The molecule has 0 aromatic heterocycles. The third kappa shape index (κ3) is 2.76. The molecule has 0 radical (unpaired) electrons. The van der Waals surface area contributed by atoms with E-state index < -0.39 is 0 Å². The topological polar surface area (TPSA) is 33.0 Å². The van der Waals surface area contributed by atoms with Gasteiger partial charge in [-0.15, -0.1) is 0 Å². The summed E-state index contributed by atoms with van der Waals surface area (Å²) in [6, 6.07) is 10.2. The van der Waals surface area contributed by atoms with Crippen molar-refractivity contribution in [3.8, 4) is 11.8 Å². The lowest BCUT2D eigenvalue weighted by Crippen LogP contribution is -2.29. The summed E-state index contributed by atoms with van der Waals surface area (Å²) in [5.41, 5.74) is 0. The second kappa shape index (κ2) is 5.36. The molecule has 2 rings (SSSR count). The van der Waals surface area contributed by atoms with Crippen molar-refractivity contribution in [3.63, 3.8) is 0 Å². The Morgan fingerprint density at radius 3 is 2.88 bits per heavy atom. The summed E-state index contributed by atoms with van der Waals surface area (Å²) in [7, 11) is 0. The molecule has 84 valence electrons. The summed E-state index contributed by atoms with van der Waals surface area (Å²) in [5, 5.41) is 9.05. The number of ether oxygens (including phenoxy) is 1. The lowest BCUT2D eigenvalue weighted by molar-refractivity contribution is 0.120. The van der Waals surface area contributed by atoms with Gasteiger partial charge in [-0.2, -0.15) is 5.26 Å². The Balaban J connectivity index is 2.05. The number of benzene rings is 1. The van der Waals surface area contributed by atoms with Crippen molar-refractivity contribution in [1.82, 2.24) is 0 Å². The van der Waals surface area contributed by atoms with E-state index in [0.717, 1.165) is 35.9 Å². The van der Waals surface area contributed by atoms with Crippen LogP contribution < -0.4 is 4.74 Å². The van der Waals surface area contributed by atoms with E-state index >= 15 is 0 Å². The highest BCUT2D eigenvalue weighted by molar-refractivity contribution is 9.10. The maximum atomic E-state index is 9.05. The monoisotopic (exact) mass is 279 g/mol. The van der Waals surface area contributed by atoms with Crippen LogP contribution in [0.3, 0.4) is 0 Å². The molecule has 1 aromatic rings. The molecule has 0 heterocycles. The Morgan fingerprint density at radius 1 is 1.31 bits per heavy atom. The van der Waals surface area contributed by atoms with E-state index in [-0.39, 0.29) is 12.0 Å². The third-order valence-corrected chi connectivity index (χ3v) is 3.45. The van der Waals surface area contributed by atoms with Gasteiger partial charge in [0.05, 0.1) is 12.0 Å². The van der Waals surface area contributed by atoms with E-state index in [1.807, 2.05) is 24.3 Å². The van der Waals surface area contributed by atoms with Gasteiger partial charge in [-0.1, -0.05) is 28.4 Å². The molecule has 1 saturated carbocycles. The van der Waals surface area contributed by atoms with Gasteiger partial charge < -0.3 is 4.74 Å².